The highest BCUT2D eigenvalue weighted by molar-refractivity contribution is 6.34. The average molecular weight is 353 g/mol. The molecule has 2 unspecified atom stereocenters. The summed E-state index contributed by atoms with van der Waals surface area (Å²) < 4.78 is 1.34. The predicted octanol–water partition coefficient (Wildman–Crippen LogP) is 3.93. The number of aromatic nitrogens is 1. The van der Waals surface area contributed by atoms with E-state index in [1.807, 2.05) is 0 Å². The molecule has 2 N–H and O–H groups in total. The van der Waals surface area contributed by atoms with Gasteiger partial charge in [0.15, 0.2) is 0 Å². The highest BCUT2D eigenvalue weighted by Crippen LogP contribution is 2.60. The molecule has 1 aromatic heterocycles. The smallest absolute Gasteiger partial charge is 0.220 e. The van der Waals surface area contributed by atoms with Crippen molar-refractivity contribution >= 4 is 29.1 Å². The van der Waals surface area contributed by atoms with E-state index in [0.29, 0.717) is 26.9 Å². The van der Waals surface area contributed by atoms with Crippen LogP contribution in [0.3, 0.4) is 0 Å². The van der Waals surface area contributed by atoms with Gasteiger partial charge in [0.25, 0.3) is 0 Å². The van der Waals surface area contributed by atoms with E-state index in [4.69, 9.17) is 23.2 Å². The van der Waals surface area contributed by atoms with Gasteiger partial charge in [0.1, 0.15) is 0 Å². The van der Waals surface area contributed by atoms with Crippen molar-refractivity contribution in [1.29, 1.82) is 0 Å². The standard InChI is InChI=1S/C16H14Cl2N2O3/c1-7(21)19-11-2-3-12(19)14-13(11)15(22)20(16(14)23)10-5-8(17)4-9(18)6-10/h4-6,11-12,22-23H,2-3H2,1H3. The lowest BCUT2D eigenvalue weighted by Crippen LogP contribution is -2.25. The largest absolute Gasteiger partial charge is 0.494 e. The minimum Gasteiger partial charge on any atom is -0.494 e. The van der Waals surface area contributed by atoms with Crippen LogP contribution in [0.15, 0.2) is 18.2 Å². The molecule has 3 heterocycles. The minimum atomic E-state index is -0.186. The van der Waals surface area contributed by atoms with Crippen molar-refractivity contribution in [1.82, 2.24) is 9.47 Å². The summed E-state index contributed by atoms with van der Waals surface area (Å²) in [5.41, 5.74) is 1.75. The predicted molar refractivity (Wildman–Crippen MR) is 86.4 cm³/mol. The van der Waals surface area contributed by atoms with E-state index in [0.717, 1.165) is 12.8 Å². The molecular formula is C16H14Cl2N2O3. The van der Waals surface area contributed by atoms with Gasteiger partial charge in [0.2, 0.25) is 17.7 Å². The van der Waals surface area contributed by atoms with Crippen LogP contribution < -0.4 is 0 Å². The lowest BCUT2D eigenvalue weighted by Gasteiger charge is -2.22. The van der Waals surface area contributed by atoms with E-state index in [1.54, 1.807) is 23.1 Å². The summed E-state index contributed by atoms with van der Waals surface area (Å²) in [6, 6.07) is 4.45. The third kappa shape index (κ3) is 1.90. The average Bonchev–Trinajstić information content (AvgIpc) is 3.08. The number of fused-ring (bicyclic) bond motifs is 5. The third-order valence-corrected chi connectivity index (χ3v) is 5.15. The number of nitrogens with zero attached hydrogens (tertiary/aromatic N) is 2. The third-order valence-electron chi connectivity index (χ3n) is 4.72. The number of carbonyl (C=O) groups excluding carboxylic acids is 1. The molecule has 2 atom stereocenters. The molecule has 5 nitrogen and oxygen atoms in total. The number of hydrogen-bond acceptors (Lipinski definition) is 3. The number of benzene rings is 1. The van der Waals surface area contributed by atoms with Gasteiger partial charge >= 0.3 is 0 Å². The quantitative estimate of drug-likeness (QED) is 0.816. The van der Waals surface area contributed by atoms with E-state index < -0.39 is 0 Å². The fraction of sp³-hybridized carbons (Fsp3) is 0.312. The summed E-state index contributed by atoms with van der Waals surface area (Å²) in [5, 5.41) is 22.2. The number of halogens is 2. The Morgan fingerprint density at radius 1 is 1.04 bits per heavy atom. The van der Waals surface area contributed by atoms with Crippen LogP contribution in [-0.2, 0) is 4.79 Å². The Balaban J connectivity index is 1.92. The molecule has 2 aliphatic rings. The Hall–Kier alpha value is -1.85. The van der Waals surface area contributed by atoms with Crippen LogP contribution in [-0.4, -0.2) is 25.6 Å². The monoisotopic (exact) mass is 352 g/mol. The first-order chi connectivity index (χ1) is 10.9. The van der Waals surface area contributed by atoms with Crippen LogP contribution in [0, 0.1) is 0 Å². The van der Waals surface area contributed by atoms with E-state index in [2.05, 4.69) is 0 Å². The number of aromatic hydroxyl groups is 2. The zero-order valence-electron chi connectivity index (χ0n) is 12.3. The highest BCUT2D eigenvalue weighted by Gasteiger charge is 2.51. The van der Waals surface area contributed by atoms with Crippen molar-refractivity contribution in [2.24, 2.45) is 0 Å². The fourth-order valence-corrected chi connectivity index (χ4v) is 4.48. The van der Waals surface area contributed by atoms with Crippen molar-refractivity contribution in [3.8, 4) is 17.4 Å². The summed E-state index contributed by atoms with van der Waals surface area (Å²) in [6.45, 7) is 1.51. The van der Waals surface area contributed by atoms with Gasteiger partial charge in [-0.05, 0) is 31.0 Å². The van der Waals surface area contributed by atoms with Crippen molar-refractivity contribution < 1.29 is 15.0 Å². The molecule has 120 valence electrons. The second-order valence-electron chi connectivity index (χ2n) is 5.97. The normalized spacial score (nSPS) is 21.8. The van der Waals surface area contributed by atoms with E-state index in [9.17, 15) is 15.0 Å². The Morgan fingerprint density at radius 2 is 1.52 bits per heavy atom. The summed E-state index contributed by atoms with van der Waals surface area (Å²) in [4.78, 5) is 13.6. The van der Waals surface area contributed by atoms with Gasteiger partial charge in [-0.3, -0.25) is 9.36 Å². The van der Waals surface area contributed by atoms with Crippen molar-refractivity contribution in [2.45, 2.75) is 31.8 Å². The summed E-state index contributed by atoms with van der Waals surface area (Å²) in [5.74, 6) is -0.173. The van der Waals surface area contributed by atoms with Crippen LogP contribution in [0.4, 0.5) is 0 Å². The highest BCUT2D eigenvalue weighted by atomic mass is 35.5. The first-order valence-corrected chi connectivity index (χ1v) is 8.07. The topological polar surface area (TPSA) is 65.7 Å². The number of carbonyl (C=O) groups is 1. The molecule has 0 spiro atoms. The lowest BCUT2D eigenvalue weighted by molar-refractivity contribution is -0.131. The molecular weight excluding hydrogens is 339 g/mol. The molecule has 23 heavy (non-hydrogen) atoms. The maximum Gasteiger partial charge on any atom is 0.220 e. The molecule has 0 aliphatic carbocycles. The van der Waals surface area contributed by atoms with E-state index >= 15 is 0 Å². The van der Waals surface area contributed by atoms with Crippen LogP contribution in [0.2, 0.25) is 10.0 Å². The van der Waals surface area contributed by atoms with Gasteiger partial charge in [-0.15, -0.1) is 0 Å². The molecule has 7 heteroatoms. The SMILES string of the molecule is CC(=O)N1C2CCC1c1c2c(O)n(-c2cc(Cl)cc(Cl)c2)c1O. The van der Waals surface area contributed by atoms with Crippen molar-refractivity contribution in [3.63, 3.8) is 0 Å². The zero-order valence-corrected chi connectivity index (χ0v) is 13.8. The van der Waals surface area contributed by atoms with Gasteiger partial charge in [-0.25, -0.2) is 0 Å². The molecule has 4 rings (SSSR count). The van der Waals surface area contributed by atoms with Gasteiger partial charge in [0, 0.05) is 28.1 Å². The zero-order chi connectivity index (χ0) is 16.5. The molecule has 0 saturated carbocycles. The van der Waals surface area contributed by atoms with Crippen molar-refractivity contribution in [3.05, 3.63) is 39.4 Å². The molecule has 0 radical (unpaired) electrons. The van der Waals surface area contributed by atoms with Crippen LogP contribution >= 0.6 is 23.2 Å². The Labute approximate surface area is 142 Å². The number of hydrogen-bond donors (Lipinski definition) is 2. The maximum absolute atomic E-state index is 11.9. The van der Waals surface area contributed by atoms with Gasteiger partial charge in [-0.1, -0.05) is 23.2 Å². The maximum atomic E-state index is 11.9. The second-order valence-corrected chi connectivity index (χ2v) is 6.85. The molecule has 1 fully saturated rings. The minimum absolute atomic E-state index is 0.0511. The number of amides is 1. The molecule has 1 saturated heterocycles. The van der Waals surface area contributed by atoms with Gasteiger partial charge in [0.05, 0.1) is 17.8 Å². The van der Waals surface area contributed by atoms with E-state index in [-0.39, 0.29) is 29.8 Å². The Kier molecular flexibility index (Phi) is 3.09. The van der Waals surface area contributed by atoms with Crippen LogP contribution in [0.5, 0.6) is 11.8 Å². The summed E-state index contributed by atoms with van der Waals surface area (Å²) >= 11 is 12.0. The Morgan fingerprint density at radius 3 is 1.96 bits per heavy atom. The van der Waals surface area contributed by atoms with Crippen molar-refractivity contribution in [2.75, 3.05) is 0 Å². The lowest BCUT2D eigenvalue weighted by atomic mass is 9.95. The molecule has 2 aliphatic heterocycles. The molecule has 2 bridgehead atoms. The molecule has 1 aromatic carbocycles. The molecule has 1 amide bonds. The van der Waals surface area contributed by atoms with Crippen LogP contribution in [0.25, 0.3) is 5.69 Å². The second kappa shape index (κ2) is 4.82. The van der Waals surface area contributed by atoms with E-state index in [1.165, 1.54) is 11.5 Å². The summed E-state index contributed by atoms with van der Waals surface area (Å²) in [7, 11) is 0. The summed E-state index contributed by atoms with van der Waals surface area (Å²) in [6.07, 6.45) is 1.56. The van der Waals surface area contributed by atoms with Gasteiger partial charge < -0.3 is 15.1 Å². The molecule has 2 aromatic rings. The number of rotatable bonds is 1. The Bertz CT molecular complexity index is 791. The first-order valence-electron chi connectivity index (χ1n) is 7.32. The first kappa shape index (κ1) is 14.7. The van der Waals surface area contributed by atoms with Crippen LogP contribution in [0.1, 0.15) is 43.0 Å². The van der Waals surface area contributed by atoms with Gasteiger partial charge in [-0.2, -0.15) is 0 Å². The fourth-order valence-electron chi connectivity index (χ4n) is 3.97.